The molecule has 116 valence electrons. The quantitative estimate of drug-likeness (QED) is 0.628. The Hall–Kier alpha value is -1.52. The first-order valence-corrected chi connectivity index (χ1v) is 7.14. The largest absolute Gasteiger partial charge is 0.390 e. The first kappa shape index (κ1) is 16.8. The molecule has 0 N–H and O–H groups in total. The Kier molecular flexibility index (Phi) is 5.14. The van der Waals surface area contributed by atoms with Crippen molar-refractivity contribution in [2.75, 3.05) is 0 Å². The Balaban J connectivity index is 2.37. The molecule has 2 aromatic rings. The van der Waals surface area contributed by atoms with Crippen LogP contribution in [0.5, 0.6) is 0 Å². The molecule has 0 spiro atoms. The summed E-state index contributed by atoms with van der Waals surface area (Å²) in [5, 5.41) is 0.809. The maximum atomic E-state index is 12.8. The van der Waals surface area contributed by atoms with Crippen LogP contribution in [0, 0.1) is 0 Å². The number of hydrogen-bond acceptors (Lipinski definition) is 1. The van der Waals surface area contributed by atoms with Crippen molar-refractivity contribution in [1.82, 2.24) is 0 Å². The summed E-state index contributed by atoms with van der Waals surface area (Å²) in [6, 6.07) is 11.6. The van der Waals surface area contributed by atoms with Crippen molar-refractivity contribution >= 4 is 29.0 Å². The number of carbonyl (C=O) groups is 1. The van der Waals surface area contributed by atoms with Crippen LogP contribution in [0.15, 0.2) is 48.5 Å². The van der Waals surface area contributed by atoms with Crippen molar-refractivity contribution in [2.24, 2.45) is 0 Å². The zero-order valence-electron chi connectivity index (χ0n) is 11.2. The van der Waals surface area contributed by atoms with Gasteiger partial charge in [-0.15, -0.1) is 0 Å². The topological polar surface area (TPSA) is 17.1 Å². The molecule has 0 fully saturated rings. The third kappa shape index (κ3) is 4.49. The van der Waals surface area contributed by atoms with E-state index in [4.69, 9.17) is 23.2 Å². The van der Waals surface area contributed by atoms with Crippen molar-refractivity contribution in [2.45, 2.75) is 18.5 Å². The van der Waals surface area contributed by atoms with Crippen LogP contribution in [0.3, 0.4) is 0 Å². The monoisotopic (exact) mass is 346 g/mol. The number of carbonyl (C=O) groups excluding carboxylic acids is 1. The molecule has 1 atom stereocenters. The summed E-state index contributed by atoms with van der Waals surface area (Å²) in [7, 11) is 0. The van der Waals surface area contributed by atoms with E-state index in [1.54, 1.807) is 0 Å². The molecule has 2 aromatic carbocycles. The number of rotatable bonds is 4. The average molecular weight is 347 g/mol. The van der Waals surface area contributed by atoms with Gasteiger partial charge in [-0.05, 0) is 42.0 Å². The van der Waals surface area contributed by atoms with Crippen LogP contribution in [0.1, 0.15) is 28.3 Å². The number of halogens is 5. The zero-order valence-corrected chi connectivity index (χ0v) is 12.7. The number of alkyl halides is 3. The summed E-state index contributed by atoms with van der Waals surface area (Å²) in [5.41, 5.74) is 0.468. The normalized spacial score (nSPS) is 13.0. The lowest BCUT2D eigenvalue weighted by Crippen LogP contribution is -2.21. The van der Waals surface area contributed by atoms with Crippen molar-refractivity contribution in [1.29, 1.82) is 0 Å². The summed E-state index contributed by atoms with van der Waals surface area (Å²) in [6.07, 6.45) is -5.68. The van der Waals surface area contributed by atoms with Crippen LogP contribution in [0.2, 0.25) is 10.0 Å². The van der Waals surface area contributed by atoms with E-state index < -0.39 is 24.3 Å². The molecular weight excluding hydrogens is 336 g/mol. The van der Waals surface area contributed by atoms with Gasteiger partial charge in [0.15, 0.2) is 5.78 Å². The Labute approximate surface area is 135 Å². The number of hydrogen-bond donors (Lipinski definition) is 0. The molecule has 0 aliphatic heterocycles. The van der Waals surface area contributed by atoms with Crippen LogP contribution in [-0.4, -0.2) is 12.0 Å². The lowest BCUT2D eigenvalue weighted by molar-refractivity contribution is -0.136. The highest BCUT2D eigenvalue weighted by Gasteiger charge is 2.36. The van der Waals surface area contributed by atoms with E-state index in [1.165, 1.54) is 48.5 Å². The summed E-state index contributed by atoms with van der Waals surface area (Å²) in [4.78, 5) is 12.4. The maximum Gasteiger partial charge on any atom is 0.390 e. The van der Waals surface area contributed by atoms with Gasteiger partial charge in [0.1, 0.15) is 0 Å². The summed E-state index contributed by atoms with van der Waals surface area (Å²) in [5.74, 6) is -1.91. The van der Waals surface area contributed by atoms with Gasteiger partial charge in [-0.25, -0.2) is 0 Å². The highest BCUT2D eigenvalue weighted by Crippen LogP contribution is 2.34. The molecule has 0 amide bonds. The summed E-state index contributed by atoms with van der Waals surface area (Å²) < 4.78 is 38.4. The first-order valence-electron chi connectivity index (χ1n) is 6.38. The molecule has 0 radical (unpaired) electrons. The molecule has 0 aromatic heterocycles. The van der Waals surface area contributed by atoms with Crippen LogP contribution in [0.4, 0.5) is 13.2 Å². The molecule has 1 nitrogen and oxygen atoms in total. The molecule has 0 unspecified atom stereocenters. The fraction of sp³-hybridized carbons (Fsp3) is 0.188. The molecule has 0 aliphatic carbocycles. The zero-order chi connectivity index (χ0) is 16.3. The number of benzene rings is 2. The lowest BCUT2D eigenvalue weighted by Gasteiger charge is -2.18. The number of ketones is 1. The van der Waals surface area contributed by atoms with Crippen molar-refractivity contribution in [3.05, 3.63) is 69.7 Å². The van der Waals surface area contributed by atoms with Gasteiger partial charge in [0.2, 0.25) is 0 Å². The Morgan fingerprint density at radius 2 is 1.36 bits per heavy atom. The van der Waals surface area contributed by atoms with Crippen LogP contribution < -0.4 is 0 Å². The summed E-state index contributed by atoms with van der Waals surface area (Å²) >= 11 is 11.5. The average Bonchev–Trinajstić information content (AvgIpc) is 2.45. The highest BCUT2D eigenvalue weighted by molar-refractivity contribution is 6.31. The minimum atomic E-state index is -4.45. The van der Waals surface area contributed by atoms with Crippen LogP contribution in [0.25, 0.3) is 0 Å². The Morgan fingerprint density at radius 1 is 0.909 bits per heavy atom. The second kappa shape index (κ2) is 6.71. The second-order valence-electron chi connectivity index (χ2n) is 4.79. The van der Waals surface area contributed by atoms with Gasteiger partial charge >= 0.3 is 6.18 Å². The predicted molar refractivity (Wildman–Crippen MR) is 80.6 cm³/mol. The Morgan fingerprint density at radius 3 is 1.82 bits per heavy atom. The third-order valence-corrected chi connectivity index (χ3v) is 3.66. The predicted octanol–water partition coefficient (Wildman–Crippen LogP) is 5.91. The van der Waals surface area contributed by atoms with E-state index in [9.17, 15) is 18.0 Å². The molecule has 2 rings (SSSR count). The molecular formula is C16H11Cl2F3O. The van der Waals surface area contributed by atoms with Gasteiger partial charge in [0.25, 0.3) is 0 Å². The van der Waals surface area contributed by atoms with E-state index in [-0.39, 0.29) is 11.1 Å². The SMILES string of the molecule is O=C(c1ccc(Cl)cc1)[C@H](CC(F)(F)F)c1ccc(Cl)cc1. The third-order valence-electron chi connectivity index (χ3n) is 3.15. The molecule has 0 bridgehead atoms. The van der Waals surface area contributed by atoms with Gasteiger partial charge in [-0.3, -0.25) is 4.79 Å². The fourth-order valence-electron chi connectivity index (χ4n) is 2.10. The lowest BCUT2D eigenvalue weighted by atomic mass is 9.88. The highest BCUT2D eigenvalue weighted by atomic mass is 35.5. The van der Waals surface area contributed by atoms with E-state index in [0.717, 1.165) is 0 Å². The minimum Gasteiger partial charge on any atom is -0.293 e. The molecule has 0 heterocycles. The van der Waals surface area contributed by atoms with Crippen molar-refractivity contribution < 1.29 is 18.0 Å². The van der Waals surface area contributed by atoms with Gasteiger partial charge in [0.05, 0.1) is 12.3 Å². The molecule has 0 aliphatic rings. The van der Waals surface area contributed by atoms with Gasteiger partial charge < -0.3 is 0 Å². The van der Waals surface area contributed by atoms with Crippen molar-refractivity contribution in [3.63, 3.8) is 0 Å². The standard InChI is InChI=1S/C16H11Cl2F3O/c17-12-5-1-10(2-6-12)14(9-16(19,20)21)15(22)11-3-7-13(18)8-4-11/h1-8,14H,9H2/t14-/m1/s1. The summed E-state index contributed by atoms with van der Waals surface area (Å²) in [6.45, 7) is 0. The van der Waals surface area contributed by atoms with Gasteiger partial charge in [-0.2, -0.15) is 13.2 Å². The smallest absolute Gasteiger partial charge is 0.293 e. The van der Waals surface area contributed by atoms with Crippen LogP contribution >= 0.6 is 23.2 Å². The van der Waals surface area contributed by atoms with E-state index in [1.807, 2.05) is 0 Å². The second-order valence-corrected chi connectivity index (χ2v) is 5.67. The number of Topliss-reactive ketones (excluding diaryl/α,β-unsaturated/α-hetero) is 1. The Bertz CT molecular complexity index is 649. The maximum absolute atomic E-state index is 12.8. The molecule has 6 heteroatoms. The minimum absolute atomic E-state index is 0.189. The van der Waals surface area contributed by atoms with E-state index in [0.29, 0.717) is 10.0 Å². The van der Waals surface area contributed by atoms with E-state index in [2.05, 4.69) is 0 Å². The molecule has 0 saturated carbocycles. The van der Waals surface area contributed by atoms with Gasteiger partial charge in [0, 0.05) is 15.6 Å². The van der Waals surface area contributed by atoms with Gasteiger partial charge in [-0.1, -0.05) is 35.3 Å². The van der Waals surface area contributed by atoms with E-state index >= 15 is 0 Å². The molecule has 0 saturated heterocycles. The fourth-order valence-corrected chi connectivity index (χ4v) is 2.36. The van der Waals surface area contributed by atoms with Crippen LogP contribution in [-0.2, 0) is 0 Å². The first-order chi connectivity index (χ1) is 10.3. The van der Waals surface area contributed by atoms with Crippen molar-refractivity contribution in [3.8, 4) is 0 Å². The molecule has 22 heavy (non-hydrogen) atoms.